The molecule has 5 rings (SSSR count). The zero-order valence-electron chi connectivity index (χ0n) is 17.7. The predicted molar refractivity (Wildman–Crippen MR) is 125 cm³/mol. The van der Waals surface area contributed by atoms with E-state index in [1.165, 1.54) is 5.39 Å². The summed E-state index contributed by atoms with van der Waals surface area (Å²) in [6, 6.07) is 27.6. The van der Waals surface area contributed by atoms with Crippen molar-refractivity contribution in [3.05, 3.63) is 90.5 Å². The van der Waals surface area contributed by atoms with E-state index in [2.05, 4.69) is 33.3 Å². The lowest BCUT2D eigenvalue weighted by molar-refractivity contribution is -0.130. The Bertz CT molecular complexity index is 1200. The Kier molecular flexibility index (Phi) is 5.66. The summed E-state index contributed by atoms with van der Waals surface area (Å²) in [7, 11) is 0. The third-order valence-electron chi connectivity index (χ3n) is 5.77. The number of nitrogens with zero attached hydrogens (tertiary/aromatic N) is 4. The number of amides is 1. The number of hydrogen-bond acceptors (Lipinski definition) is 5. The van der Waals surface area contributed by atoms with E-state index in [0.29, 0.717) is 25.4 Å². The SMILES string of the molecule is O=C(Cc1cccc2ccccc12)N1CCN(c2ccc(Oc3ccccc3)nn2)CC1. The van der Waals surface area contributed by atoms with E-state index in [1.54, 1.807) is 0 Å². The highest BCUT2D eigenvalue weighted by molar-refractivity contribution is 5.90. The summed E-state index contributed by atoms with van der Waals surface area (Å²) in [6.45, 7) is 2.81. The maximum Gasteiger partial charge on any atom is 0.238 e. The first-order valence-electron chi connectivity index (χ1n) is 10.8. The van der Waals surface area contributed by atoms with Crippen LogP contribution >= 0.6 is 0 Å². The van der Waals surface area contributed by atoms with Crippen LogP contribution in [0.5, 0.6) is 11.6 Å². The predicted octanol–water partition coefficient (Wildman–Crippen LogP) is 4.31. The summed E-state index contributed by atoms with van der Waals surface area (Å²) < 4.78 is 5.71. The van der Waals surface area contributed by atoms with Crippen LogP contribution in [-0.4, -0.2) is 47.2 Å². The number of carbonyl (C=O) groups excluding carboxylic acids is 1. The molecule has 0 saturated carbocycles. The average Bonchev–Trinajstić information content (AvgIpc) is 2.85. The summed E-state index contributed by atoms with van der Waals surface area (Å²) in [5, 5.41) is 10.8. The molecule has 0 spiro atoms. The summed E-state index contributed by atoms with van der Waals surface area (Å²) in [6.07, 6.45) is 0.423. The molecule has 32 heavy (non-hydrogen) atoms. The zero-order valence-corrected chi connectivity index (χ0v) is 17.7. The number of para-hydroxylation sites is 1. The quantitative estimate of drug-likeness (QED) is 0.478. The minimum atomic E-state index is 0.165. The van der Waals surface area contributed by atoms with E-state index in [0.717, 1.165) is 35.6 Å². The molecule has 4 aromatic rings. The molecule has 3 aromatic carbocycles. The summed E-state index contributed by atoms with van der Waals surface area (Å²) in [5.41, 5.74) is 1.08. The van der Waals surface area contributed by atoms with Crippen molar-refractivity contribution in [1.29, 1.82) is 0 Å². The molecule has 160 valence electrons. The molecule has 0 radical (unpaired) electrons. The topological polar surface area (TPSA) is 58.6 Å². The summed E-state index contributed by atoms with van der Waals surface area (Å²) >= 11 is 0. The number of piperazine rings is 1. The number of carbonyl (C=O) groups is 1. The number of ether oxygens (including phenoxy) is 1. The van der Waals surface area contributed by atoms with E-state index >= 15 is 0 Å². The monoisotopic (exact) mass is 424 g/mol. The van der Waals surface area contributed by atoms with Crippen LogP contribution in [-0.2, 0) is 11.2 Å². The molecule has 1 aliphatic rings. The third-order valence-corrected chi connectivity index (χ3v) is 5.77. The van der Waals surface area contributed by atoms with Crippen molar-refractivity contribution in [2.24, 2.45) is 0 Å². The molecule has 1 aromatic heterocycles. The fourth-order valence-corrected chi connectivity index (χ4v) is 4.05. The smallest absolute Gasteiger partial charge is 0.238 e. The fourth-order valence-electron chi connectivity index (χ4n) is 4.05. The Morgan fingerprint density at radius 2 is 1.53 bits per heavy atom. The first-order chi connectivity index (χ1) is 15.8. The van der Waals surface area contributed by atoms with Crippen LogP contribution in [0.25, 0.3) is 10.8 Å². The lowest BCUT2D eigenvalue weighted by Gasteiger charge is -2.35. The Balaban J connectivity index is 1.18. The molecule has 2 heterocycles. The number of rotatable bonds is 5. The van der Waals surface area contributed by atoms with Crippen molar-refractivity contribution in [2.75, 3.05) is 31.1 Å². The summed E-state index contributed by atoms with van der Waals surface area (Å²) in [4.78, 5) is 17.0. The molecular weight excluding hydrogens is 400 g/mol. The van der Waals surface area contributed by atoms with Crippen LogP contribution < -0.4 is 9.64 Å². The second-order valence-electron chi connectivity index (χ2n) is 7.83. The molecule has 6 nitrogen and oxygen atoms in total. The van der Waals surface area contributed by atoms with Crippen LogP contribution in [0.1, 0.15) is 5.56 Å². The average molecular weight is 425 g/mol. The number of anilines is 1. The van der Waals surface area contributed by atoms with E-state index < -0.39 is 0 Å². The van der Waals surface area contributed by atoms with E-state index in [4.69, 9.17) is 4.74 Å². The molecule has 1 saturated heterocycles. The maximum absolute atomic E-state index is 12.9. The van der Waals surface area contributed by atoms with Gasteiger partial charge in [0, 0.05) is 32.2 Å². The van der Waals surface area contributed by atoms with Gasteiger partial charge in [-0.2, -0.15) is 0 Å². The van der Waals surface area contributed by atoms with Crippen LogP contribution in [0.15, 0.2) is 84.9 Å². The normalized spacial score (nSPS) is 13.9. The number of benzene rings is 3. The highest BCUT2D eigenvalue weighted by Crippen LogP contribution is 2.22. The number of hydrogen-bond donors (Lipinski definition) is 0. The molecule has 1 aliphatic heterocycles. The first kappa shape index (κ1) is 20.0. The van der Waals surface area contributed by atoms with Crippen molar-refractivity contribution in [1.82, 2.24) is 15.1 Å². The standard InChI is InChI=1S/C26H24N4O2/c31-26(19-21-9-6-8-20-7-4-5-12-23(20)21)30-17-15-29(16-18-30)24-13-14-25(28-27-24)32-22-10-2-1-3-11-22/h1-14H,15-19H2. The van der Waals surface area contributed by atoms with Gasteiger partial charge in [-0.1, -0.05) is 60.7 Å². The van der Waals surface area contributed by atoms with Gasteiger partial charge in [0.05, 0.1) is 6.42 Å². The van der Waals surface area contributed by atoms with Gasteiger partial charge in [0.2, 0.25) is 11.8 Å². The van der Waals surface area contributed by atoms with Gasteiger partial charge in [0.25, 0.3) is 0 Å². The van der Waals surface area contributed by atoms with E-state index in [-0.39, 0.29) is 5.91 Å². The Morgan fingerprint density at radius 1 is 0.781 bits per heavy atom. The van der Waals surface area contributed by atoms with Crippen molar-refractivity contribution in [3.8, 4) is 11.6 Å². The Hall–Kier alpha value is -3.93. The van der Waals surface area contributed by atoms with Crippen LogP contribution in [0.3, 0.4) is 0 Å². The second kappa shape index (κ2) is 9.06. The molecule has 1 amide bonds. The fraction of sp³-hybridized carbons (Fsp3) is 0.192. The van der Waals surface area contributed by atoms with Gasteiger partial charge in [-0.15, -0.1) is 10.2 Å². The van der Waals surface area contributed by atoms with Gasteiger partial charge < -0.3 is 14.5 Å². The lowest BCUT2D eigenvalue weighted by Crippen LogP contribution is -2.49. The highest BCUT2D eigenvalue weighted by Gasteiger charge is 2.22. The molecular formula is C26H24N4O2. The first-order valence-corrected chi connectivity index (χ1v) is 10.8. The van der Waals surface area contributed by atoms with Crippen molar-refractivity contribution in [2.45, 2.75) is 6.42 Å². The van der Waals surface area contributed by atoms with Gasteiger partial charge >= 0.3 is 0 Å². The maximum atomic E-state index is 12.9. The van der Waals surface area contributed by atoms with E-state index in [9.17, 15) is 4.79 Å². The van der Waals surface area contributed by atoms with Crippen molar-refractivity contribution >= 4 is 22.5 Å². The molecule has 0 aliphatic carbocycles. The van der Waals surface area contributed by atoms with Crippen molar-refractivity contribution < 1.29 is 9.53 Å². The van der Waals surface area contributed by atoms with Crippen LogP contribution in [0, 0.1) is 0 Å². The van der Waals surface area contributed by atoms with Gasteiger partial charge in [-0.05, 0) is 34.5 Å². The minimum Gasteiger partial charge on any atom is -0.438 e. The lowest BCUT2D eigenvalue weighted by atomic mass is 10.0. The van der Waals surface area contributed by atoms with Gasteiger partial charge in [0.1, 0.15) is 5.75 Å². The Labute approximate surface area is 187 Å². The Morgan fingerprint density at radius 3 is 2.31 bits per heavy atom. The van der Waals surface area contributed by atoms with Gasteiger partial charge in [0.15, 0.2) is 5.82 Å². The molecule has 0 unspecified atom stereocenters. The number of aromatic nitrogens is 2. The molecule has 0 bridgehead atoms. The molecule has 6 heteroatoms. The number of fused-ring (bicyclic) bond motifs is 1. The van der Waals surface area contributed by atoms with Crippen LogP contribution in [0.4, 0.5) is 5.82 Å². The minimum absolute atomic E-state index is 0.165. The molecule has 1 fully saturated rings. The second-order valence-corrected chi connectivity index (χ2v) is 7.83. The highest BCUT2D eigenvalue weighted by atomic mass is 16.5. The summed E-state index contributed by atoms with van der Waals surface area (Å²) in [5.74, 6) is 2.15. The molecule has 0 atom stereocenters. The largest absolute Gasteiger partial charge is 0.438 e. The zero-order chi connectivity index (χ0) is 21.8. The van der Waals surface area contributed by atoms with Crippen molar-refractivity contribution in [3.63, 3.8) is 0 Å². The molecule has 0 N–H and O–H groups in total. The van der Waals surface area contributed by atoms with E-state index in [1.807, 2.05) is 71.6 Å². The van der Waals surface area contributed by atoms with Gasteiger partial charge in [-0.3, -0.25) is 4.79 Å². The third kappa shape index (κ3) is 4.39. The van der Waals surface area contributed by atoms with Crippen LogP contribution in [0.2, 0.25) is 0 Å². The van der Waals surface area contributed by atoms with Gasteiger partial charge in [-0.25, -0.2) is 0 Å².